The second-order valence-corrected chi connectivity index (χ2v) is 5.90. The molecule has 0 saturated carbocycles. The van der Waals surface area contributed by atoms with Crippen molar-refractivity contribution in [1.29, 1.82) is 0 Å². The van der Waals surface area contributed by atoms with Crippen molar-refractivity contribution < 1.29 is 4.39 Å². The Kier molecular flexibility index (Phi) is 3.62. The highest BCUT2D eigenvalue weighted by atomic mass is 19.1. The van der Waals surface area contributed by atoms with Crippen molar-refractivity contribution in [3.05, 3.63) is 71.7 Å². The number of aromatic nitrogens is 2. The van der Waals surface area contributed by atoms with Crippen LogP contribution in [-0.2, 0) is 12.8 Å². The summed E-state index contributed by atoms with van der Waals surface area (Å²) in [7, 11) is 0. The molecule has 23 heavy (non-hydrogen) atoms. The first-order valence-corrected chi connectivity index (χ1v) is 8.02. The quantitative estimate of drug-likeness (QED) is 0.678. The molecule has 114 valence electrons. The minimum atomic E-state index is -0.307. The monoisotopic (exact) mass is 304 g/mol. The molecule has 3 heteroatoms. The zero-order chi connectivity index (χ0) is 15.6. The van der Waals surface area contributed by atoms with E-state index in [1.165, 1.54) is 18.1 Å². The fraction of sp³-hybridized carbons (Fsp3) is 0.200. The number of nitrogens with zero attached hydrogens (tertiary/aromatic N) is 2. The molecule has 4 rings (SSSR count). The van der Waals surface area contributed by atoms with Crippen molar-refractivity contribution in [3.63, 3.8) is 0 Å². The van der Waals surface area contributed by atoms with Crippen molar-refractivity contribution in [3.8, 4) is 22.6 Å². The molecule has 0 saturated heterocycles. The lowest BCUT2D eigenvalue weighted by Crippen LogP contribution is -2.08. The van der Waals surface area contributed by atoms with Gasteiger partial charge in [0.15, 0.2) is 5.82 Å². The van der Waals surface area contributed by atoms with Gasteiger partial charge in [-0.05, 0) is 55.0 Å². The summed E-state index contributed by atoms with van der Waals surface area (Å²) in [6.07, 6.45) is 5.91. The third-order valence-electron chi connectivity index (χ3n) is 4.39. The van der Waals surface area contributed by atoms with E-state index in [2.05, 4.69) is 11.1 Å². The summed E-state index contributed by atoms with van der Waals surface area (Å²) in [5, 5.41) is 0. The van der Waals surface area contributed by atoms with Crippen molar-refractivity contribution in [2.75, 3.05) is 0 Å². The zero-order valence-electron chi connectivity index (χ0n) is 12.8. The molecule has 1 aliphatic carbocycles. The summed E-state index contributed by atoms with van der Waals surface area (Å²) in [5.41, 5.74) is 5.46. The van der Waals surface area contributed by atoms with E-state index in [-0.39, 0.29) is 5.82 Å². The van der Waals surface area contributed by atoms with Gasteiger partial charge in [-0.2, -0.15) is 0 Å². The number of halogens is 1. The van der Waals surface area contributed by atoms with Crippen molar-refractivity contribution >= 4 is 0 Å². The molecular formula is C20H17FN2. The van der Waals surface area contributed by atoms with E-state index in [4.69, 9.17) is 4.98 Å². The number of aryl methyl sites for hydroxylation is 1. The lowest BCUT2D eigenvalue weighted by atomic mass is 9.88. The maximum Gasteiger partial charge on any atom is 0.151 e. The molecule has 0 amide bonds. The normalized spacial score (nSPS) is 13.6. The topological polar surface area (TPSA) is 25.8 Å². The van der Waals surface area contributed by atoms with Gasteiger partial charge in [-0.25, -0.2) is 9.37 Å². The van der Waals surface area contributed by atoms with E-state index in [9.17, 15) is 4.39 Å². The first-order chi connectivity index (χ1) is 11.3. The molecular weight excluding hydrogens is 287 g/mol. The van der Waals surface area contributed by atoms with Crippen LogP contribution >= 0.6 is 0 Å². The van der Waals surface area contributed by atoms with Gasteiger partial charge in [0.1, 0.15) is 5.69 Å². The summed E-state index contributed by atoms with van der Waals surface area (Å²) < 4.78 is 14.3. The third kappa shape index (κ3) is 2.63. The van der Waals surface area contributed by atoms with Crippen LogP contribution in [0.3, 0.4) is 0 Å². The highest BCUT2D eigenvalue weighted by Gasteiger charge is 2.20. The molecule has 2 heterocycles. The molecule has 0 unspecified atom stereocenters. The molecule has 0 radical (unpaired) electrons. The average Bonchev–Trinajstić information content (AvgIpc) is 2.62. The Morgan fingerprint density at radius 2 is 1.70 bits per heavy atom. The van der Waals surface area contributed by atoms with E-state index < -0.39 is 0 Å². The number of rotatable bonds is 2. The fourth-order valence-electron chi connectivity index (χ4n) is 3.26. The van der Waals surface area contributed by atoms with Crippen LogP contribution in [0.25, 0.3) is 22.6 Å². The average molecular weight is 304 g/mol. The largest absolute Gasteiger partial charge is 0.252 e. The Morgan fingerprint density at radius 3 is 2.52 bits per heavy atom. The fourth-order valence-corrected chi connectivity index (χ4v) is 3.26. The lowest BCUT2D eigenvalue weighted by molar-refractivity contribution is 0.623. The first-order valence-electron chi connectivity index (χ1n) is 8.02. The van der Waals surface area contributed by atoms with E-state index in [1.807, 2.05) is 30.3 Å². The summed E-state index contributed by atoms with van der Waals surface area (Å²) in [4.78, 5) is 9.04. The van der Waals surface area contributed by atoms with Crippen molar-refractivity contribution in [2.24, 2.45) is 0 Å². The van der Waals surface area contributed by atoms with Gasteiger partial charge in [0.25, 0.3) is 0 Å². The van der Waals surface area contributed by atoms with Gasteiger partial charge in [0, 0.05) is 11.8 Å². The predicted octanol–water partition coefficient (Wildman–Crippen LogP) is 4.83. The molecule has 0 bridgehead atoms. The van der Waals surface area contributed by atoms with Gasteiger partial charge in [-0.15, -0.1) is 0 Å². The molecule has 0 fully saturated rings. The predicted molar refractivity (Wildman–Crippen MR) is 89.5 cm³/mol. The second-order valence-electron chi connectivity index (χ2n) is 5.90. The van der Waals surface area contributed by atoms with Gasteiger partial charge in [0.05, 0.1) is 11.4 Å². The molecule has 0 N–H and O–H groups in total. The highest BCUT2D eigenvalue weighted by Crippen LogP contribution is 2.33. The standard InChI is InChI=1S/C20H17FN2/c21-17-11-6-12-22-20(17)19-16-10-5-4-9-15(16)13-18(23-19)14-7-2-1-3-8-14/h1-3,6-8,11-13H,4-5,9-10H2. The molecule has 0 spiro atoms. The van der Waals surface area contributed by atoms with Crippen LogP contribution < -0.4 is 0 Å². The van der Waals surface area contributed by atoms with Crippen LogP contribution in [0, 0.1) is 5.82 Å². The number of fused-ring (bicyclic) bond motifs is 1. The highest BCUT2D eigenvalue weighted by molar-refractivity contribution is 5.69. The Balaban J connectivity index is 1.95. The number of hydrogen-bond donors (Lipinski definition) is 0. The maximum absolute atomic E-state index is 14.3. The van der Waals surface area contributed by atoms with Crippen molar-refractivity contribution in [1.82, 2.24) is 9.97 Å². The molecule has 3 aromatic rings. The van der Waals surface area contributed by atoms with E-state index in [0.717, 1.165) is 36.1 Å². The Labute approximate surface area is 135 Å². The minimum Gasteiger partial charge on any atom is -0.252 e. The maximum atomic E-state index is 14.3. The van der Waals surface area contributed by atoms with Crippen LogP contribution in [0.1, 0.15) is 24.0 Å². The molecule has 2 aromatic heterocycles. The molecule has 0 aliphatic heterocycles. The lowest BCUT2D eigenvalue weighted by Gasteiger charge is -2.20. The van der Waals surface area contributed by atoms with Crippen LogP contribution in [-0.4, -0.2) is 9.97 Å². The SMILES string of the molecule is Fc1cccnc1-c1nc(-c2ccccc2)cc2c1CCCC2. The molecule has 2 nitrogen and oxygen atoms in total. The molecule has 1 aliphatic rings. The van der Waals surface area contributed by atoms with E-state index >= 15 is 0 Å². The smallest absolute Gasteiger partial charge is 0.151 e. The summed E-state index contributed by atoms with van der Waals surface area (Å²) in [6, 6.07) is 15.3. The Bertz CT molecular complexity index is 844. The van der Waals surface area contributed by atoms with Crippen LogP contribution in [0.4, 0.5) is 4.39 Å². The second kappa shape index (κ2) is 5.92. The first kappa shape index (κ1) is 14.1. The van der Waals surface area contributed by atoms with Crippen LogP contribution in [0.15, 0.2) is 54.7 Å². The molecule has 0 atom stereocenters. The van der Waals surface area contributed by atoms with Gasteiger partial charge >= 0.3 is 0 Å². The van der Waals surface area contributed by atoms with Gasteiger partial charge < -0.3 is 0 Å². The minimum absolute atomic E-state index is 0.307. The summed E-state index contributed by atoms with van der Waals surface area (Å²) in [5.74, 6) is -0.307. The van der Waals surface area contributed by atoms with Gasteiger partial charge in [-0.3, -0.25) is 4.98 Å². The van der Waals surface area contributed by atoms with E-state index in [1.54, 1.807) is 12.3 Å². The number of hydrogen-bond acceptors (Lipinski definition) is 2. The number of benzene rings is 1. The zero-order valence-corrected chi connectivity index (χ0v) is 12.8. The van der Waals surface area contributed by atoms with E-state index in [0.29, 0.717) is 11.4 Å². The molecule has 1 aromatic carbocycles. The third-order valence-corrected chi connectivity index (χ3v) is 4.39. The Morgan fingerprint density at radius 1 is 0.870 bits per heavy atom. The summed E-state index contributed by atoms with van der Waals surface area (Å²) >= 11 is 0. The van der Waals surface area contributed by atoms with Crippen molar-refractivity contribution in [2.45, 2.75) is 25.7 Å². The van der Waals surface area contributed by atoms with Gasteiger partial charge in [0.2, 0.25) is 0 Å². The summed E-state index contributed by atoms with van der Waals surface area (Å²) in [6.45, 7) is 0. The Hall–Kier alpha value is -2.55. The number of pyridine rings is 2. The van der Waals surface area contributed by atoms with Crippen LogP contribution in [0.2, 0.25) is 0 Å². The van der Waals surface area contributed by atoms with Gasteiger partial charge in [-0.1, -0.05) is 30.3 Å². The van der Waals surface area contributed by atoms with Crippen LogP contribution in [0.5, 0.6) is 0 Å².